The van der Waals surface area contributed by atoms with Gasteiger partial charge in [0.25, 0.3) is 0 Å². The summed E-state index contributed by atoms with van der Waals surface area (Å²) in [6.07, 6.45) is 5.62. The molecule has 63 heavy (non-hydrogen) atoms. The van der Waals surface area contributed by atoms with Crippen molar-refractivity contribution < 1.29 is 24.8 Å². The van der Waals surface area contributed by atoms with Crippen LogP contribution in [0.4, 0.5) is 17.1 Å². The van der Waals surface area contributed by atoms with Gasteiger partial charge >= 0.3 is 0 Å². The van der Waals surface area contributed by atoms with Crippen molar-refractivity contribution in [1.29, 1.82) is 0 Å². The zero-order chi connectivity index (χ0) is 43.0. The highest BCUT2D eigenvalue weighted by molar-refractivity contribution is 6.17. The molecule has 0 fully saturated rings. The summed E-state index contributed by atoms with van der Waals surface area (Å²) in [5, 5.41) is 54.7. The van der Waals surface area contributed by atoms with Crippen LogP contribution in [0.25, 0.3) is 65.7 Å². The van der Waals surface area contributed by atoms with Crippen molar-refractivity contribution in [1.82, 2.24) is 0 Å². The van der Waals surface area contributed by atoms with Crippen LogP contribution >= 0.6 is 0 Å². The summed E-state index contributed by atoms with van der Waals surface area (Å²) in [4.78, 5) is 1.69. The van der Waals surface area contributed by atoms with Gasteiger partial charge in [-0.05, 0) is 96.9 Å². The number of hydrogen-bond acceptors (Lipinski definition) is 6. The van der Waals surface area contributed by atoms with Gasteiger partial charge in [-0.25, -0.2) is 0 Å². The Labute approximate surface area is 363 Å². The molecule has 0 saturated heterocycles. The summed E-state index contributed by atoms with van der Waals surface area (Å²) in [7, 11) is 0. The van der Waals surface area contributed by atoms with Crippen LogP contribution in [-0.2, 0) is 5.41 Å². The number of rotatable bonds is 8. The molecule has 1 aliphatic carbocycles. The van der Waals surface area contributed by atoms with Gasteiger partial charge in [0.1, 0.15) is 16.9 Å². The van der Waals surface area contributed by atoms with Gasteiger partial charge in [-0.1, -0.05) is 165 Å². The molecule has 10 aromatic rings. The van der Waals surface area contributed by atoms with Gasteiger partial charge in [-0.15, -0.1) is 0 Å². The molecule has 11 rings (SSSR count). The first-order valence-electron chi connectivity index (χ1n) is 20.7. The van der Waals surface area contributed by atoms with Crippen molar-refractivity contribution in [3.05, 3.63) is 224 Å². The maximum Gasteiger partial charge on any atom is 0.186 e. The monoisotopic (exact) mass is 817 g/mol. The highest BCUT2D eigenvalue weighted by Gasteiger charge is 2.47. The molecule has 9 aromatic carbocycles. The molecule has 302 valence electrons. The molecule has 0 aliphatic heterocycles. The summed E-state index contributed by atoms with van der Waals surface area (Å²) in [6, 6.07) is 55.3. The zero-order valence-corrected chi connectivity index (χ0v) is 34.0. The Hall–Kier alpha value is -8.48. The van der Waals surface area contributed by atoms with Crippen molar-refractivity contribution >= 4 is 60.5 Å². The molecule has 0 bridgehead atoms. The number of furan rings is 1. The number of para-hydroxylation sites is 1. The Morgan fingerprint density at radius 3 is 1.92 bits per heavy atom. The Balaban J connectivity index is 1.24. The van der Waals surface area contributed by atoms with E-state index in [1.165, 1.54) is 0 Å². The number of anilines is 3. The van der Waals surface area contributed by atoms with Crippen LogP contribution in [0.15, 0.2) is 211 Å². The molecular weight excluding hydrogens is 779 g/mol. The lowest BCUT2D eigenvalue weighted by molar-refractivity contribution is 0.377. The molecule has 6 nitrogen and oxygen atoms in total. The number of benzene rings is 9. The smallest absolute Gasteiger partial charge is 0.186 e. The predicted octanol–water partition coefficient (Wildman–Crippen LogP) is 14.5. The molecule has 0 saturated carbocycles. The Morgan fingerprint density at radius 2 is 1.16 bits per heavy atom. The van der Waals surface area contributed by atoms with E-state index in [0.29, 0.717) is 33.5 Å². The largest absolute Gasteiger partial charge is 0.504 e. The van der Waals surface area contributed by atoms with E-state index in [-0.39, 0.29) is 11.3 Å². The molecule has 1 aromatic heterocycles. The van der Waals surface area contributed by atoms with Crippen LogP contribution in [0.5, 0.6) is 23.0 Å². The molecule has 6 heteroatoms. The fraction of sp³-hybridized carbons (Fsp3) is 0.0175. The van der Waals surface area contributed by atoms with Crippen LogP contribution in [0.3, 0.4) is 0 Å². The lowest BCUT2D eigenvalue weighted by Gasteiger charge is -2.35. The number of hydrogen-bond donors (Lipinski definition) is 4. The third kappa shape index (κ3) is 5.31. The summed E-state index contributed by atoms with van der Waals surface area (Å²) < 4.78 is 6.38. The molecule has 0 radical (unpaired) electrons. The van der Waals surface area contributed by atoms with Crippen LogP contribution in [-0.4, -0.2) is 20.4 Å². The molecule has 0 spiro atoms. The molecule has 1 unspecified atom stereocenters. The number of fused-ring (bicyclic) bond motifs is 9. The zero-order valence-electron chi connectivity index (χ0n) is 34.0. The lowest BCUT2D eigenvalue weighted by Crippen LogP contribution is -2.29. The molecule has 1 atom stereocenters. The van der Waals surface area contributed by atoms with Crippen LogP contribution in [0, 0.1) is 0 Å². The van der Waals surface area contributed by atoms with Crippen LogP contribution in [0.1, 0.15) is 16.7 Å². The second kappa shape index (κ2) is 14.3. The standard InChI is InChI=1S/C57H39NO5/c1-3-17-35(4-2)57(36-19-6-5-7-20-36)45-26-14-12-24-41(45)42-31-30-37(33-46(42)57)58(47-27-16-29-49-50(47)43-25-13-15-28-48(43)63-49)52-55(61)53(59)51(54(60)56(52)62)44-32-34-18-8-9-21-38(34)39-22-10-11-23-40(39)44/h3-33,59-62H,1-2H2/b35-17+. The number of phenolic OH excluding ortho intramolecular Hbond substituents is 4. The van der Waals surface area contributed by atoms with Gasteiger partial charge in [-0.3, -0.25) is 0 Å². The van der Waals surface area contributed by atoms with Gasteiger partial charge in [-0.2, -0.15) is 0 Å². The fourth-order valence-electron chi connectivity index (χ4n) is 10.1. The Kier molecular flexibility index (Phi) is 8.53. The van der Waals surface area contributed by atoms with E-state index in [9.17, 15) is 20.4 Å². The van der Waals surface area contributed by atoms with Gasteiger partial charge in [0.15, 0.2) is 23.0 Å². The van der Waals surface area contributed by atoms with E-state index in [4.69, 9.17) is 4.42 Å². The van der Waals surface area contributed by atoms with Crippen molar-refractivity contribution in [3.63, 3.8) is 0 Å². The minimum atomic E-state index is -0.867. The second-order valence-electron chi connectivity index (χ2n) is 15.8. The van der Waals surface area contributed by atoms with E-state index in [2.05, 4.69) is 43.5 Å². The quantitative estimate of drug-likeness (QED) is 0.0528. The first-order chi connectivity index (χ1) is 30.9. The van der Waals surface area contributed by atoms with Gasteiger partial charge in [0.2, 0.25) is 0 Å². The minimum absolute atomic E-state index is 0.0969. The Bertz CT molecular complexity index is 3530. The Morgan fingerprint density at radius 1 is 0.524 bits per heavy atom. The average Bonchev–Trinajstić information content (AvgIpc) is 3.86. The van der Waals surface area contributed by atoms with Gasteiger partial charge in [0, 0.05) is 11.1 Å². The molecule has 1 heterocycles. The lowest BCUT2D eigenvalue weighted by atomic mass is 9.67. The third-order valence-corrected chi connectivity index (χ3v) is 12.7. The van der Waals surface area contributed by atoms with Crippen LogP contribution < -0.4 is 4.90 Å². The maximum atomic E-state index is 12.6. The van der Waals surface area contributed by atoms with Crippen molar-refractivity contribution in [2.75, 3.05) is 4.90 Å². The highest BCUT2D eigenvalue weighted by Crippen LogP contribution is 2.62. The van der Waals surface area contributed by atoms with Crippen molar-refractivity contribution in [3.8, 4) is 45.3 Å². The summed E-state index contributed by atoms with van der Waals surface area (Å²) in [5.41, 5.74) is 7.43. The third-order valence-electron chi connectivity index (χ3n) is 12.7. The van der Waals surface area contributed by atoms with Crippen LogP contribution in [0.2, 0.25) is 0 Å². The molecule has 4 N–H and O–H groups in total. The summed E-state index contributed by atoms with van der Waals surface area (Å²) in [6.45, 7) is 8.39. The number of allylic oxidation sites excluding steroid dienone is 4. The summed E-state index contributed by atoms with van der Waals surface area (Å²) >= 11 is 0. The first kappa shape index (κ1) is 37.5. The molecule has 1 aliphatic rings. The van der Waals surface area contributed by atoms with Gasteiger partial charge in [0.05, 0.1) is 22.1 Å². The highest BCUT2D eigenvalue weighted by atomic mass is 16.3. The van der Waals surface area contributed by atoms with Crippen molar-refractivity contribution in [2.45, 2.75) is 5.41 Å². The number of nitrogens with zero attached hydrogens (tertiary/aromatic N) is 1. The number of phenols is 4. The van der Waals surface area contributed by atoms with Gasteiger partial charge < -0.3 is 29.7 Å². The maximum absolute atomic E-state index is 12.6. The topological polar surface area (TPSA) is 97.3 Å². The SMILES string of the molecule is C=C/C=C(\C=C)C1(c2ccccc2)c2ccccc2-c2ccc(N(c3c(O)c(O)c(-c4cc5ccccc5c5ccccc45)c(O)c3O)c3cccc4oc5ccccc5c34)cc21. The van der Waals surface area contributed by atoms with E-state index in [1.54, 1.807) is 11.0 Å². The fourth-order valence-corrected chi connectivity index (χ4v) is 10.1. The average molecular weight is 818 g/mol. The predicted molar refractivity (Wildman–Crippen MR) is 256 cm³/mol. The first-order valence-corrected chi connectivity index (χ1v) is 20.7. The molecule has 0 amide bonds. The van der Waals surface area contributed by atoms with E-state index in [1.807, 2.05) is 152 Å². The molecular formula is C57H39NO5. The minimum Gasteiger partial charge on any atom is -0.504 e. The normalized spacial score (nSPS) is 14.6. The van der Waals surface area contributed by atoms with E-state index in [0.717, 1.165) is 60.3 Å². The van der Waals surface area contributed by atoms with E-state index >= 15 is 0 Å². The van der Waals surface area contributed by atoms with Crippen molar-refractivity contribution in [2.24, 2.45) is 0 Å². The van der Waals surface area contributed by atoms with E-state index < -0.39 is 28.4 Å². The second-order valence-corrected chi connectivity index (χ2v) is 15.8. The summed E-state index contributed by atoms with van der Waals surface area (Å²) in [5.74, 6) is -2.44. The number of aromatic hydroxyl groups is 4.